The summed E-state index contributed by atoms with van der Waals surface area (Å²) >= 11 is 0. The molecular formula is C90H63BN2O. The molecule has 16 aromatic rings. The Balaban J connectivity index is 0.992. The molecule has 442 valence electrons. The summed E-state index contributed by atoms with van der Waals surface area (Å²) in [6.45, 7) is 6.92. The van der Waals surface area contributed by atoms with Crippen LogP contribution in [0.15, 0.2) is 332 Å². The Morgan fingerprint density at radius 2 is 0.617 bits per heavy atom. The van der Waals surface area contributed by atoms with Crippen molar-refractivity contribution < 1.29 is 4.42 Å². The van der Waals surface area contributed by atoms with Gasteiger partial charge in [0.2, 0.25) is 0 Å². The van der Waals surface area contributed by atoms with E-state index in [0.717, 1.165) is 117 Å². The van der Waals surface area contributed by atoms with Gasteiger partial charge in [-0.2, -0.15) is 0 Å². The van der Waals surface area contributed by atoms with Gasteiger partial charge in [0.05, 0.1) is 11.4 Å². The molecule has 0 saturated heterocycles. The van der Waals surface area contributed by atoms with E-state index < -0.39 is 0 Å². The maximum atomic E-state index is 6.65. The van der Waals surface area contributed by atoms with E-state index >= 15 is 0 Å². The number of benzene rings is 15. The first-order chi connectivity index (χ1) is 46.3. The van der Waals surface area contributed by atoms with Crippen LogP contribution in [-0.2, 0) is 5.41 Å². The summed E-state index contributed by atoms with van der Waals surface area (Å²) in [5.41, 5.74) is 29.4. The number of para-hydroxylation sites is 3. The molecule has 94 heavy (non-hydrogen) atoms. The van der Waals surface area contributed by atoms with Crippen LogP contribution in [-0.4, -0.2) is 6.71 Å². The number of hydrogen-bond acceptors (Lipinski definition) is 3. The van der Waals surface area contributed by atoms with Gasteiger partial charge >= 0.3 is 0 Å². The SMILES string of the molecule is CC(C)(C)c1cc2c3c(c1)N(c1c(-c4ccccc4)cccc1-c1ccccc1)c1cc(-c4c5ccccc5c(-c5ccccc5)c5ccccc45)ccc1B3c1ccc(-c3ccc4c(c3)oc3ccccc34)cc1N2c1c(-c2ccccc2)cccc1-c1ccccc1. The lowest BCUT2D eigenvalue weighted by atomic mass is 9.33. The van der Waals surface area contributed by atoms with Gasteiger partial charge in [0.1, 0.15) is 11.2 Å². The number of nitrogens with zero attached hydrogens (tertiary/aromatic N) is 2. The molecule has 3 heterocycles. The van der Waals surface area contributed by atoms with Gasteiger partial charge < -0.3 is 14.2 Å². The van der Waals surface area contributed by atoms with Crippen molar-refractivity contribution in [2.45, 2.75) is 26.2 Å². The smallest absolute Gasteiger partial charge is 0.252 e. The van der Waals surface area contributed by atoms with Crippen LogP contribution in [0.4, 0.5) is 34.1 Å². The molecule has 1 aromatic heterocycles. The molecule has 2 aliphatic rings. The molecular weight excluding hydrogens is 1140 g/mol. The summed E-state index contributed by atoms with van der Waals surface area (Å²) in [5.74, 6) is 0. The third kappa shape index (κ3) is 8.89. The van der Waals surface area contributed by atoms with Gasteiger partial charge in [0.25, 0.3) is 6.71 Å². The Hall–Kier alpha value is -11.7. The molecule has 0 spiro atoms. The van der Waals surface area contributed by atoms with Gasteiger partial charge in [-0.3, -0.25) is 0 Å². The quantitative estimate of drug-likeness (QED) is 0.106. The van der Waals surface area contributed by atoms with E-state index in [-0.39, 0.29) is 12.1 Å². The van der Waals surface area contributed by atoms with Crippen LogP contribution in [0.3, 0.4) is 0 Å². The molecule has 18 rings (SSSR count). The summed E-state index contributed by atoms with van der Waals surface area (Å²) < 4.78 is 6.65. The van der Waals surface area contributed by atoms with Gasteiger partial charge in [-0.1, -0.05) is 306 Å². The normalized spacial score (nSPS) is 12.6. The lowest BCUT2D eigenvalue weighted by Crippen LogP contribution is -2.61. The van der Waals surface area contributed by atoms with Crippen molar-refractivity contribution in [2.24, 2.45) is 0 Å². The number of rotatable bonds is 9. The van der Waals surface area contributed by atoms with Gasteiger partial charge in [-0.25, -0.2) is 0 Å². The third-order valence-electron chi connectivity index (χ3n) is 19.8. The largest absolute Gasteiger partial charge is 0.456 e. The lowest BCUT2D eigenvalue weighted by molar-refractivity contribution is 0.590. The topological polar surface area (TPSA) is 19.6 Å². The molecule has 0 radical (unpaired) electrons. The summed E-state index contributed by atoms with van der Waals surface area (Å²) in [4.78, 5) is 5.36. The Morgan fingerprint density at radius 1 is 0.266 bits per heavy atom. The Bertz CT molecular complexity index is 5480. The highest BCUT2D eigenvalue weighted by Gasteiger charge is 2.46. The zero-order valence-electron chi connectivity index (χ0n) is 52.6. The number of anilines is 6. The molecule has 4 heteroatoms. The minimum absolute atomic E-state index is 0.209. The molecule has 0 unspecified atom stereocenters. The van der Waals surface area contributed by atoms with E-state index in [1.54, 1.807) is 0 Å². The first-order valence-electron chi connectivity index (χ1n) is 32.8. The molecule has 0 saturated carbocycles. The number of furan rings is 1. The Kier molecular flexibility index (Phi) is 12.9. The Morgan fingerprint density at radius 3 is 1.06 bits per heavy atom. The molecule has 0 bridgehead atoms. The Labute approximate surface area is 548 Å². The van der Waals surface area contributed by atoms with E-state index in [1.807, 2.05) is 0 Å². The number of hydrogen-bond donors (Lipinski definition) is 0. The van der Waals surface area contributed by atoms with Crippen LogP contribution < -0.4 is 26.2 Å². The summed E-state index contributed by atoms with van der Waals surface area (Å²) in [6.07, 6.45) is 0. The molecule has 0 atom stereocenters. The average molecular weight is 1200 g/mol. The van der Waals surface area contributed by atoms with Gasteiger partial charge in [0, 0.05) is 55.8 Å². The predicted molar refractivity (Wildman–Crippen MR) is 400 cm³/mol. The van der Waals surface area contributed by atoms with Crippen molar-refractivity contribution in [3.05, 3.63) is 333 Å². The fraction of sp³-hybridized carbons (Fsp3) is 0.0444. The zero-order valence-corrected chi connectivity index (χ0v) is 52.6. The highest BCUT2D eigenvalue weighted by Crippen LogP contribution is 2.55. The van der Waals surface area contributed by atoms with E-state index in [1.165, 1.54) is 60.2 Å². The molecule has 15 aromatic carbocycles. The zero-order chi connectivity index (χ0) is 62.6. The first kappa shape index (κ1) is 55.2. The van der Waals surface area contributed by atoms with Crippen molar-refractivity contribution in [1.29, 1.82) is 0 Å². The van der Waals surface area contributed by atoms with Crippen LogP contribution in [0.1, 0.15) is 26.3 Å². The second kappa shape index (κ2) is 22.0. The molecule has 3 nitrogen and oxygen atoms in total. The van der Waals surface area contributed by atoms with Crippen molar-refractivity contribution in [2.75, 3.05) is 9.80 Å². The maximum Gasteiger partial charge on any atom is 0.252 e. The third-order valence-corrected chi connectivity index (χ3v) is 19.8. The summed E-state index contributed by atoms with van der Waals surface area (Å²) in [7, 11) is 0. The molecule has 0 aliphatic carbocycles. The van der Waals surface area contributed by atoms with E-state index in [4.69, 9.17) is 4.42 Å². The highest BCUT2D eigenvalue weighted by molar-refractivity contribution is 7.00. The van der Waals surface area contributed by atoms with E-state index in [2.05, 4.69) is 358 Å². The monoisotopic (exact) mass is 1200 g/mol. The fourth-order valence-electron chi connectivity index (χ4n) is 15.5. The number of fused-ring (bicyclic) bond motifs is 9. The van der Waals surface area contributed by atoms with Crippen LogP contribution in [0.5, 0.6) is 0 Å². The molecule has 2 aliphatic heterocycles. The predicted octanol–water partition coefficient (Wildman–Crippen LogP) is 22.9. The van der Waals surface area contributed by atoms with Crippen molar-refractivity contribution in [1.82, 2.24) is 0 Å². The summed E-state index contributed by atoms with van der Waals surface area (Å²) in [5, 5.41) is 7.12. The fourth-order valence-corrected chi connectivity index (χ4v) is 15.5. The molecule has 0 fully saturated rings. The summed E-state index contributed by atoms with van der Waals surface area (Å²) in [6, 6.07) is 122. The minimum Gasteiger partial charge on any atom is -0.456 e. The average Bonchev–Trinajstić information content (AvgIpc) is 0.754. The van der Waals surface area contributed by atoms with Crippen LogP contribution in [0.2, 0.25) is 0 Å². The second-order valence-electron chi connectivity index (χ2n) is 26.2. The van der Waals surface area contributed by atoms with Crippen molar-refractivity contribution >= 4 is 101 Å². The van der Waals surface area contributed by atoms with Crippen LogP contribution in [0, 0.1) is 0 Å². The van der Waals surface area contributed by atoms with Crippen molar-refractivity contribution in [3.63, 3.8) is 0 Å². The van der Waals surface area contributed by atoms with Crippen LogP contribution in [0.25, 0.3) is 121 Å². The van der Waals surface area contributed by atoms with E-state index in [0.29, 0.717) is 0 Å². The van der Waals surface area contributed by atoms with Gasteiger partial charge in [-0.05, 0) is 147 Å². The first-order valence-corrected chi connectivity index (χ1v) is 32.8. The van der Waals surface area contributed by atoms with Crippen molar-refractivity contribution in [3.8, 4) is 77.9 Å². The second-order valence-corrected chi connectivity index (χ2v) is 26.2. The molecule has 0 amide bonds. The van der Waals surface area contributed by atoms with Gasteiger partial charge in [-0.15, -0.1) is 0 Å². The van der Waals surface area contributed by atoms with E-state index in [9.17, 15) is 0 Å². The molecule has 0 N–H and O–H groups in total. The minimum atomic E-state index is -0.300. The van der Waals surface area contributed by atoms with Crippen LogP contribution >= 0.6 is 0 Å². The van der Waals surface area contributed by atoms with Gasteiger partial charge in [0.15, 0.2) is 0 Å². The highest BCUT2D eigenvalue weighted by atomic mass is 16.3. The standard InChI is InChI=1S/C90H63BN2O/c1-90(2,3)66-56-81-87-82(57-66)93(89-69(60-31-13-6-14-32-60)44-26-45-70(89)61-33-15-7-16-34-61)80-54-65(86-75-40-21-19-38-73(75)85(62-35-17-8-18-36-62)74-39-20-22-41-76(74)86)49-52-78(80)91(87)77-51-48-63(64-47-50-72-71-37-23-24-46-83(71)94-84(72)55-64)53-79(77)92(81)88-67(58-27-9-4-10-28-58)42-25-43-68(88)59-29-11-5-12-30-59/h4-57H,1-3H3. The maximum absolute atomic E-state index is 6.65. The lowest BCUT2D eigenvalue weighted by Gasteiger charge is -2.46.